The van der Waals surface area contributed by atoms with Crippen molar-refractivity contribution in [3.05, 3.63) is 17.5 Å². The van der Waals surface area contributed by atoms with Crippen molar-refractivity contribution in [2.45, 2.75) is 44.4 Å². The van der Waals surface area contributed by atoms with Crippen molar-refractivity contribution in [3.8, 4) is 0 Å². The first-order valence-corrected chi connectivity index (χ1v) is 7.16. The number of ether oxygens (including phenoxy) is 2. The number of H-pyrrole nitrogens is 1. The lowest BCUT2D eigenvalue weighted by atomic mass is 9.89. The molecule has 1 aliphatic carbocycles. The lowest BCUT2D eigenvalue weighted by Gasteiger charge is -2.39. The van der Waals surface area contributed by atoms with Crippen molar-refractivity contribution in [1.29, 1.82) is 0 Å². The van der Waals surface area contributed by atoms with E-state index in [1.54, 1.807) is 6.20 Å². The van der Waals surface area contributed by atoms with Gasteiger partial charge in [0.25, 0.3) is 5.91 Å². The SMILES string of the molecule is Cc1[nH]ncc1C(=O)N(C)C1CCC2(CC1)OCCO2. The van der Waals surface area contributed by atoms with Crippen LogP contribution in [-0.2, 0) is 9.47 Å². The minimum Gasteiger partial charge on any atom is -0.348 e. The van der Waals surface area contributed by atoms with Crippen LogP contribution in [-0.4, -0.2) is 53.1 Å². The summed E-state index contributed by atoms with van der Waals surface area (Å²) >= 11 is 0. The molecule has 0 atom stereocenters. The van der Waals surface area contributed by atoms with Gasteiger partial charge in [0.2, 0.25) is 0 Å². The summed E-state index contributed by atoms with van der Waals surface area (Å²) < 4.78 is 11.4. The van der Waals surface area contributed by atoms with Gasteiger partial charge < -0.3 is 14.4 Å². The topological polar surface area (TPSA) is 67.5 Å². The Balaban J connectivity index is 1.63. The van der Waals surface area contributed by atoms with Crippen molar-refractivity contribution in [2.24, 2.45) is 0 Å². The predicted molar refractivity (Wildman–Crippen MR) is 72.3 cm³/mol. The molecule has 0 aromatic carbocycles. The zero-order chi connectivity index (χ0) is 14.2. The van der Waals surface area contributed by atoms with Gasteiger partial charge in [-0.2, -0.15) is 5.10 Å². The summed E-state index contributed by atoms with van der Waals surface area (Å²) in [5.74, 6) is -0.336. The van der Waals surface area contributed by atoms with Crippen LogP contribution in [0.2, 0.25) is 0 Å². The predicted octanol–water partition coefficient (Wildman–Crippen LogP) is 1.48. The van der Waals surface area contributed by atoms with Crippen LogP contribution in [0.25, 0.3) is 0 Å². The highest BCUT2D eigenvalue weighted by molar-refractivity contribution is 5.95. The average molecular weight is 279 g/mol. The van der Waals surface area contributed by atoms with Crippen LogP contribution >= 0.6 is 0 Å². The van der Waals surface area contributed by atoms with E-state index in [4.69, 9.17) is 9.47 Å². The van der Waals surface area contributed by atoms with Gasteiger partial charge in [-0.25, -0.2) is 0 Å². The standard InChI is InChI=1S/C14H21N3O3/c1-10-12(9-15-16-10)13(18)17(2)11-3-5-14(6-4-11)19-7-8-20-14/h9,11H,3-8H2,1-2H3,(H,15,16). The van der Waals surface area contributed by atoms with Crippen molar-refractivity contribution in [1.82, 2.24) is 15.1 Å². The second kappa shape index (κ2) is 5.18. The van der Waals surface area contributed by atoms with E-state index in [9.17, 15) is 4.79 Å². The summed E-state index contributed by atoms with van der Waals surface area (Å²) in [6.07, 6.45) is 5.15. The maximum atomic E-state index is 12.4. The molecule has 3 rings (SSSR count). The van der Waals surface area contributed by atoms with E-state index in [0.717, 1.165) is 31.4 Å². The normalized spacial score (nSPS) is 22.3. The van der Waals surface area contributed by atoms with Crippen LogP contribution in [0.1, 0.15) is 41.7 Å². The number of carbonyl (C=O) groups excluding carboxylic acids is 1. The molecule has 0 bridgehead atoms. The number of aromatic amines is 1. The molecule has 2 heterocycles. The third-order valence-corrected chi connectivity index (χ3v) is 4.46. The molecule has 6 heteroatoms. The van der Waals surface area contributed by atoms with Crippen molar-refractivity contribution < 1.29 is 14.3 Å². The van der Waals surface area contributed by atoms with Crippen LogP contribution in [0.15, 0.2) is 6.20 Å². The molecule has 0 unspecified atom stereocenters. The number of hydrogen-bond donors (Lipinski definition) is 1. The van der Waals surface area contributed by atoms with Crippen LogP contribution in [0.4, 0.5) is 0 Å². The van der Waals surface area contributed by atoms with Crippen LogP contribution in [0.3, 0.4) is 0 Å². The Kier molecular flexibility index (Phi) is 3.52. The highest BCUT2D eigenvalue weighted by Crippen LogP contribution is 2.37. The van der Waals surface area contributed by atoms with Gasteiger partial charge >= 0.3 is 0 Å². The van der Waals surface area contributed by atoms with Gasteiger partial charge in [0.15, 0.2) is 5.79 Å². The molecule has 2 fully saturated rings. The van der Waals surface area contributed by atoms with Gasteiger partial charge in [-0.05, 0) is 19.8 Å². The molecule has 1 N–H and O–H groups in total. The van der Waals surface area contributed by atoms with Crippen LogP contribution in [0, 0.1) is 6.92 Å². The molecule has 110 valence electrons. The maximum Gasteiger partial charge on any atom is 0.257 e. The number of nitrogens with zero attached hydrogens (tertiary/aromatic N) is 2. The van der Waals surface area contributed by atoms with Gasteiger partial charge in [-0.15, -0.1) is 0 Å². The van der Waals surface area contributed by atoms with Gasteiger partial charge in [-0.3, -0.25) is 9.89 Å². The van der Waals surface area contributed by atoms with E-state index >= 15 is 0 Å². The summed E-state index contributed by atoms with van der Waals surface area (Å²) in [5, 5.41) is 6.73. The number of nitrogens with one attached hydrogen (secondary N) is 1. The molecule has 0 radical (unpaired) electrons. The van der Waals surface area contributed by atoms with E-state index in [1.165, 1.54) is 0 Å². The fraction of sp³-hybridized carbons (Fsp3) is 0.714. The molecule has 6 nitrogen and oxygen atoms in total. The first-order valence-electron chi connectivity index (χ1n) is 7.16. The molecule has 1 aromatic rings. The zero-order valence-electron chi connectivity index (χ0n) is 12.0. The maximum absolute atomic E-state index is 12.4. The fourth-order valence-corrected chi connectivity index (χ4v) is 3.14. The molecule has 1 saturated carbocycles. The van der Waals surface area contributed by atoms with Crippen LogP contribution < -0.4 is 0 Å². The highest BCUT2D eigenvalue weighted by Gasteiger charge is 2.41. The second-order valence-electron chi connectivity index (χ2n) is 5.66. The summed E-state index contributed by atoms with van der Waals surface area (Å²) in [5.41, 5.74) is 1.47. The number of hydrogen-bond acceptors (Lipinski definition) is 4. The van der Waals surface area contributed by atoms with E-state index < -0.39 is 0 Å². The minimum atomic E-state index is -0.369. The van der Waals surface area contributed by atoms with Crippen molar-refractivity contribution in [3.63, 3.8) is 0 Å². The summed E-state index contributed by atoms with van der Waals surface area (Å²) in [6.45, 7) is 3.24. The van der Waals surface area contributed by atoms with Crippen molar-refractivity contribution in [2.75, 3.05) is 20.3 Å². The Morgan fingerprint density at radius 1 is 1.40 bits per heavy atom. The van der Waals surface area contributed by atoms with Gasteiger partial charge in [0.05, 0.1) is 25.0 Å². The van der Waals surface area contributed by atoms with Crippen molar-refractivity contribution >= 4 is 5.91 Å². The van der Waals surface area contributed by atoms with E-state index in [-0.39, 0.29) is 17.7 Å². The molecule has 1 aromatic heterocycles. The number of amides is 1. The van der Waals surface area contributed by atoms with E-state index in [1.807, 2.05) is 18.9 Å². The zero-order valence-corrected chi connectivity index (χ0v) is 12.0. The van der Waals surface area contributed by atoms with Gasteiger partial charge in [0.1, 0.15) is 0 Å². The second-order valence-corrected chi connectivity index (χ2v) is 5.66. The molecule has 1 amide bonds. The summed E-state index contributed by atoms with van der Waals surface area (Å²) in [7, 11) is 1.87. The third-order valence-electron chi connectivity index (χ3n) is 4.46. The number of carbonyl (C=O) groups is 1. The number of aromatic nitrogens is 2. The number of rotatable bonds is 2. The summed E-state index contributed by atoms with van der Waals surface area (Å²) in [6, 6.07) is 0.246. The first-order chi connectivity index (χ1) is 9.61. The van der Waals surface area contributed by atoms with Gasteiger partial charge in [0, 0.05) is 31.6 Å². The summed E-state index contributed by atoms with van der Waals surface area (Å²) in [4.78, 5) is 14.3. The Morgan fingerprint density at radius 2 is 2.05 bits per heavy atom. The quantitative estimate of drug-likeness (QED) is 0.890. The molecular weight excluding hydrogens is 258 g/mol. The van der Waals surface area contributed by atoms with E-state index in [0.29, 0.717) is 18.8 Å². The third kappa shape index (κ3) is 2.33. The number of aryl methyl sites for hydroxylation is 1. The molecule has 2 aliphatic rings. The first kappa shape index (κ1) is 13.6. The Bertz CT molecular complexity index is 484. The fourth-order valence-electron chi connectivity index (χ4n) is 3.14. The smallest absolute Gasteiger partial charge is 0.257 e. The average Bonchev–Trinajstić information content (AvgIpc) is 3.08. The van der Waals surface area contributed by atoms with Crippen LogP contribution in [0.5, 0.6) is 0 Å². The Hall–Kier alpha value is -1.40. The molecular formula is C14H21N3O3. The minimum absolute atomic E-state index is 0.0328. The molecule has 1 aliphatic heterocycles. The Labute approximate surface area is 118 Å². The monoisotopic (exact) mass is 279 g/mol. The molecule has 1 spiro atoms. The van der Waals surface area contributed by atoms with Gasteiger partial charge in [-0.1, -0.05) is 0 Å². The molecule has 20 heavy (non-hydrogen) atoms. The largest absolute Gasteiger partial charge is 0.348 e. The molecule has 1 saturated heterocycles. The highest BCUT2D eigenvalue weighted by atomic mass is 16.7. The lowest BCUT2D eigenvalue weighted by molar-refractivity contribution is -0.182. The lowest BCUT2D eigenvalue weighted by Crippen LogP contribution is -2.45. The Morgan fingerprint density at radius 3 is 2.60 bits per heavy atom. The van der Waals surface area contributed by atoms with E-state index in [2.05, 4.69) is 10.2 Å².